The molecule has 0 aliphatic carbocycles. The van der Waals surface area contributed by atoms with Crippen LogP contribution in [0.15, 0.2) is 32.8 Å². The number of nitrogens with zero attached hydrogens (tertiary/aromatic N) is 2. The van der Waals surface area contributed by atoms with Crippen LogP contribution in [0.5, 0.6) is 0 Å². The highest BCUT2D eigenvalue weighted by Gasteiger charge is 2.16. The van der Waals surface area contributed by atoms with Crippen molar-refractivity contribution in [2.24, 2.45) is 15.9 Å². The summed E-state index contributed by atoms with van der Waals surface area (Å²) in [6.45, 7) is 0.199. The number of urea groups is 1. The maximum absolute atomic E-state index is 13.2. The second kappa shape index (κ2) is 9.85. The van der Waals surface area contributed by atoms with E-state index < -0.39 is 11.8 Å². The predicted octanol–water partition coefficient (Wildman–Crippen LogP) is 1.81. The van der Waals surface area contributed by atoms with Crippen LogP contribution in [0.3, 0.4) is 0 Å². The van der Waals surface area contributed by atoms with Crippen LogP contribution in [0.25, 0.3) is 0 Å². The van der Waals surface area contributed by atoms with E-state index in [0.29, 0.717) is 0 Å². The molecule has 9 nitrogen and oxygen atoms in total. The highest BCUT2D eigenvalue weighted by Crippen LogP contribution is 2.22. The Bertz CT molecular complexity index is 685. The third kappa shape index (κ3) is 6.14. The van der Waals surface area contributed by atoms with Gasteiger partial charge < -0.3 is 16.3 Å². The first-order chi connectivity index (χ1) is 11.4. The molecule has 0 saturated carbocycles. The summed E-state index contributed by atoms with van der Waals surface area (Å²) in [7, 11) is 0. The first-order valence-electron chi connectivity index (χ1n) is 6.30. The number of rotatable bonds is 6. The number of primary amides is 1. The zero-order chi connectivity index (χ0) is 18.1. The number of benzene rings is 1. The van der Waals surface area contributed by atoms with Crippen molar-refractivity contribution in [1.82, 2.24) is 10.8 Å². The molecule has 1 rings (SSSR count). The number of nitrogens with two attached hydrogens (primary N) is 1. The molecule has 130 valence electrons. The first kappa shape index (κ1) is 19.9. The molecule has 0 spiro atoms. The predicted molar refractivity (Wildman–Crippen MR) is 93.1 cm³/mol. The topological polar surface area (TPSA) is 156 Å². The third-order valence-electron chi connectivity index (χ3n) is 2.44. The van der Waals surface area contributed by atoms with Crippen LogP contribution in [-0.4, -0.2) is 45.3 Å². The standard InChI is InChI=1S/C12H14BrFN6O3S/c13-7-5-6(1-2-8(7)14)18-11(20-23)9(19-22)10(15)24-4-3-17-12(16)21/h1-2,5,15,22-23H,3-4H2,(H,18,20)(H3,16,17,21)/b15-10?,19-9+. The Balaban J connectivity index is 2.86. The molecule has 0 aliphatic heterocycles. The number of hydrogen-bond acceptors (Lipinski definition) is 7. The fraction of sp³-hybridized carbons (Fsp3) is 0.167. The molecule has 1 aromatic carbocycles. The highest BCUT2D eigenvalue weighted by molar-refractivity contribution is 9.10. The van der Waals surface area contributed by atoms with E-state index >= 15 is 0 Å². The fourth-order valence-electron chi connectivity index (χ4n) is 1.41. The quantitative estimate of drug-likeness (QED) is 0.136. The van der Waals surface area contributed by atoms with Crippen molar-refractivity contribution in [1.29, 1.82) is 5.41 Å². The number of thioether (sulfide) groups is 1. The van der Waals surface area contributed by atoms with Crippen LogP contribution in [0.4, 0.5) is 14.9 Å². The number of carbonyl (C=O) groups excluding carboxylic acids is 1. The van der Waals surface area contributed by atoms with Crippen molar-refractivity contribution in [2.75, 3.05) is 12.3 Å². The van der Waals surface area contributed by atoms with E-state index in [0.717, 1.165) is 17.8 Å². The van der Waals surface area contributed by atoms with Crippen molar-refractivity contribution in [3.63, 3.8) is 0 Å². The Morgan fingerprint density at radius 3 is 2.75 bits per heavy atom. The van der Waals surface area contributed by atoms with Crippen LogP contribution >= 0.6 is 27.7 Å². The molecule has 0 atom stereocenters. The number of hydroxylamine groups is 1. The van der Waals surface area contributed by atoms with Crippen molar-refractivity contribution < 1.29 is 19.6 Å². The minimum Gasteiger partial charge on any atom is -0.410 e. The number of nitrogens with one attached hydrogen (secondary N) is 3. The number of amides is 2. The van der Waals surface area contributed by atoms with Crippen molar-refractivity contribution >= 4 is 56.0 Å². The Labute approximate surface area is 148 Å². The summed E-state index contributed by atoms with van der Waals surface area (Å²) in [6.07, 6.45) is 0. The second-order valence-electron chi connectivity index (χ2n) is 4.09. The second-order valence-corrected chi connectivity index (χ2v) is 6.05. The number of amidine groups is 1. The molecule has 2 amide bonds. The van der Waals surface area contributed by atoms with Crippen LogP contribution in [-0.2, 0) is 0 Å². The molecular weight excluding hydrogens is 407 g/mol. The van der Waals surface area contributed by atoms with E-state index in [1.165, 1.54) is 12.1 Å². The van der Waals surface area contributed by atoms with Gasteiger partial charge in [-0.1, -0.05) is 5.16 Å². The maximum Gasteiger partial charge on any atom is 0.312 e. The summed E-state index contributed by atoms with van der Waals surface area (Å²) >= 11 is 3.93. The van der Waals surface area contributed by atoms with E-state index in [4.69, 9.17) is 21.6 Å². The van der Waals surface area contributed by atoms with E-state index in [9.17, 15) is 9.18 Å². The molecule has 0 radical (unpaired) electrons. The van der Waals surface area contributed by atoms with Gasteiger partial charge in [0.05, 0.1) is 10.2 Å². The smallest absolute Gasteiger partial charge is 0.312 e. The molecule has 0 heterocycles. The molecule has 24 heavy (non-hydrogen) atoms. The Hall–Kier alpha value is -2.18. The molecular formula is C12H14BrFN6O3S. The molecule has 0 fully saturated rings. The largest absolute Gasteiger partial charge is 0.410 e. The van der Waals surface area contributed by atoms with Gasteiger partial charge in [0, 0.05) is 12.3 Å². The van der Waals surface area contributed by atoms with Crippen LogP contribution < -0.4 is 16.5 Å². The van der Waals surface area contributed by atoms with E-state index in [2.05, 4.69) is 31.4 Å². The van der Waals surface area contributed by atoms with Crippen molar-refractivity contribution in [2.45, 2.75) is 0 Å². The Morgan fingerprint density at radius 2 is 2.21 bits per heavy atom. The van der Waals surface area contributed by atoms with Crippen LogP contribution in [0, 0.1) is 11.2 Å². The van der Waals surface area contributed by atoms with Crippen LogP contribution in [0.2, 0.25) is 0 Å². The summed E-state index contributed by atoms with van der Waals surface area (Å²) in [5, 5.41) is 31.1. The lowest BCUT2D eigenvalue weighted by atomic mass is 10.3. The molecule has 0 aliphatic rings. The van der Waals surface area contributed by atoms with Gasteiger partial charge in [0.1, 0.15) is 10.9 Å². The Kier molecular flexibility index (Phi) is 8.15. The molecule has 7 N–H and O–H groups in total. The number of carbonyl (C=O) groups is 1. The summed E-state index contributed by atoms with van der Waals surface area (Å²) in [5.74, 6) is -0.521. The average Bonchev–Trinajstić information content (AvgIpc) is 2.54. The van der Waals surface area contributed by atoms with Gasteiger partial charge in [0.25, 0.3) is 0 Å². The monoisotopic (exact) mass is 420 g/mol. The zero-order valence-electron chi connectivity index (χ0n) is 12.1. The van der Waals surface area contributed by atoms with Gasteiger partial charge in [-0.15, -0.1) is 11.8 Å². The molecule has 0 unspecified atom stereocenters. The lowest BCUT2D eigenvalue weighted by molar-refractivity contribution is 0.236. The van der Waals surface area contributed by atoms with Gasteiger partial charge in [-0.2, -0.15) is 0 Å². The molecule has 0 aromatic heterocycles. The number of oxime groups is 1. The van der Waals surface area contributed by atoms with Crippen molar-refractivity contribution in [3.8, 4) is 0 Å². The molecule has 0 bridgehead atoms. The lowest BCUT2D eigenvalue weighted by Gasteiger charge is -2.09. The zero-order valence-corrected chi connectivity index (χ0v) is 14.5. The number of aliphatic imine (C=N–C) groups is 1. The lowest BCUT2D eigenvalue weighted by Crippen LogP contribution is -2.34. The molecule has 1 aromatic rings. The minimum atomic E-state index is -0.695. The SMILES string of the molecule is N=C(SCCNC(N)=O)/C(=N\O)C(=Nc1ccc(F)c(Br)c1)NO. The first-order valence-corrected chi connectivity index (χ1v) is 8.08. The Morgan fingerprint density at radius 1 is 1.50 bits per heavy atom. The van der Waals surface area contributed by atoms with Gasteiger partial charge in [-0.05, 0) is 34.1 Å². The normalized spacial score (nSPS) is 12.0. The number of halogens is 2. The van der Waals surface area contributed by atoms with Gasteiger partial charge in [-0.3, -0.25) is 16.1 Å². The molecule has 12 heteroatoms. The van der Waals surface area contributed by atoms with E-state index in [1.807, 2.05) is 0 Å². The summed E-state index contributed by atoms with van der Waals surface area (Å²) in [6, 6.07) is 3.14. The van der Waals surface area contributed by atoms with E-state index in [1.54, 1.807) is 5.48 Å². The third-order valence-corrected chi connectivity index (χ3v) is 3.94. The molecule has 0 saturated heterocycles. The number of hydrogen-bond donors (Lipinski definition) is 6. The van der Waals surface area contributed by atoms with Gasteiger partial charge in [-0.25, -0.2) is 14.2 Å². The van der Waals surface area contributed by atoms with E-state index in [-0.39, 0.29) is 39.0 Å². The van der Waals surface area contributed by atoms with Gasteiger partial charge >= 0.3 is 6.03 Å². The minimum absolute atomic E-state index is 0.158. The summed E-state index contributed by atoms with van der Waals surface area (Å²) in [4.78, 5) is 14.5. The maximum atomic E-state index is 13.2. The van der Waals surface area contributed by atoms with Gasteiger partial charge in [0.15, 0.2) is 11.5 Å². The average molecular weight is 421 g/mol. The fourth-order valence-corrected chi connectivity index (χ4v) is 2.46. The summed E-state index contributed by atoms with van der Waals surface area (Å²) < 4.78 is 13.4. The van der Waals surface area contributed by atoms with Crippen molar-refractivity contribution in [3.05, 3.63) is 28.5 Å². The van der Waals surface area contributed by atoms with Gasteiger partial charge in [0.2, 0.25) is 0 Å². The summed E-state index contributed by atoms with van der Waals surface area (Å²) in [5.41, 5.74) is 6.55. The highest BCUT2D eigenvalue weighted by atomic mass is 79.9. The van der Waals surface area contributed by atoms with Crippen LogP contribution in [0.1, 0.15) is 0 Å².